The lowest BCUT2D eigenvalue weighted by atomic mass is 9.70. The Morgan fingerprint density at radius 3 is 2.53 bits per heavy atom. The topological polar surface area (TPSA) is 32.6 Å². The van der Waals surface area contributed by atoms with Crippen LogP contribution in [-0.2, 0) is 0 Å². The van der Waals surface area contributed by atoms with Crippen LogP contribution in [0.25, 0.3) is 0 Å². The Balaban J connectivity index is 1.93. The predicted octanol–water partition coefficient (Wildman–Crippen LogP) is 3.44. The van der Waals surface area contributed by atoms with Crippen LogP contribution in [0.1, 0.15) is 59.3 Å². The average molecular weight is 237 g/mol. The van der Waals surface area contributed by atoms with Crippen molar-refractivity contribution >= 4 is 5.71 Å². The van der Waals surface area contributed by atoms with Gasteiger partial charge in [0.05, 0.1) is 0 Å². The van der Waals surface area contributed by atoms with Crippen molar-refractivity contribution in [1.82, 2.24) is 0 Å². The molecule has 2 fully saturated rings. The molecule has 98 valence electrons. The van der Waals surface area contributed by atoms with Crippen molar-refractivity contribution in [3.05, 3.63) is 0 Å². The van der Waals surface area contributed by atoms with Gasteiger partial charge in [0.15, 0.2) is 0 Å². The fraction of sp³-hybridized carbons (Fsp3) is 0.933. The van der Waals surface area contributed by atoms with Crippen LogP contribution in [0.15, 0.2) is 4.99 Å². The maximum atomic E-state index is 8.74. The number of aliphatic hydroxyl groups excluding tert-OH is 1. The Bertz CT molecular complexity index is 308. The molecular weight excluding hydrogens is 210 g/mol. The molecule has 0 amide bonds. The van der Waals surface area contributed by atoms with Crippen LogP contribution in [0.4, 0.5) is 0 Å². The molecule has 0 aliphatic heterocycles. The molecule has 2 heteroatoms. The zero-order chi connectivity index (χ0) is 12.5. The van der Waals surface area contributed by atoms with Gasteiger partial charge in [-0.3, -0.25) is 4.99 Å². The highest BCUT2D eigenvalue weighted by molar-refractivity contribution is 5.94. The van der Waals surface area contributed by atoms with Gasteiger partial charge >= 0.3 is 0 Å². The average Bonchev–Trinajstić information content (AvgIpc) is 2.61. The van der Waals surface area contributed by atoms with E-state index >= 15 is 0 Å². The number of hydrogen-bond donors (Lipinski definition) is 1. The second-order valence-electron chi connectivity index (χ2n) is 6.61. The molecular formula is C15H27NO. The zero-order valence-corrected chi connectivity index (χ0v) is 11.6. The largest absolute Gasteiger partial charge is 0.396 e. The number of unbranched alkanes of at least 4 members (excludes halogenated alkanes) is 2. The van der Waals surface area contributed by atoms with Gasteiger partial charge in [-0.1, -0.05) is 20.8 Å². The van der Waals surface area contributed by atoms with Crippen LogP contribution in [-0.4, -0.2) is 24.0 Å². The summed E-state index contributed by atoms with van der Waals surface area (Å²) < 4.78 is 0. The fourth-order valence-corrected chi connectivity index (χ4v) is 3.78. The summed E-state index contributed by atoms with van der Waals surface area (Å²) in [5, 5.41) is 8.74. The van der Waals surface area contributed by atoms with Crippen molar-refractivity contribution in [2.75, 3.05) is 13.2 Å². The summed E-state index contributed by atoms with van der Waals surface area (Å²) in [7, 11) is 0. The van der Waals surface area contributed by atoms with E-state index in [2.05, 4.69) is 20.8 Å². The highest BCUT2D eigenvalue weighted by Gasteiger charge is 2.59. The summed E-state index contributed by atoms with van der Waals surface area (Å²) in [6, 6.07) is 0. The lowest BCUT2D eigenvalue weighted by Gasteiger charge is -2.34. The number of aliphatic hydroxyl groups is 1. The Morgan fingerprint density at radius 2 is 2.00 bits per heavy atom. The second-order valence-corrected chi connectivity index (χ2v) is 6.61. The first-order valence-electron chi connectivity index (χ1n) is 7.17. The zero-order valence-electron chi connectivity index (χ0n) is 11.6. The number of nitrogens with zero attached hydrogens (tertiary/aromatic N) is 1. The molecule has 2 bridgehead atoms. The standard InChI is InChI=1S/C15H27NO/c1-14(2)12-7-8-15(14,3)13(11-12)16-9-5-4-6-10-17/h12,17H,4-11H2,1-3H3/t12-,15+/m1/s1. The van der Waals surface area contributed by atoms with Gasteiger partial charge in [0.2, 0.25) is 0 Å². The molecule has 0 saturated heterocycles. The Labute approximate surface area is 106 Å². The van der Waals surface area contributed by atoms with Gasteiger partial charge in [-0.2, -0.15) is 0 Å². The Kier molecular flexibility index (Phi) is 3.63. The number of fused-ring (bicyclic) bond motifs is 2. The second kappa shape index (κ2) is 4.72. The van der Waals surface area contributed by atoms with Crippen molar-refractivity contribution in [3.8, 4) is 0 Å². The highest BCUT2D eigenvalue weighted by atomic mass is 16.2. The molecule has 0 aromatic heterocycles. The van der Waals surface area contributed by atoms with Crippen LogP contribution in [0.5, 0.6) is 0 Å². The van der Waals surface area contributed by atoms with Crippen LogP contribution < -0.4 is 0 Å². The minimum Gasteiger partial charge on any atom is -0.396 e. The van der Waals surface area contributed by atoms with E-state index in [0.29, 0.717) is 17.4 Å². The molecule has 0 aromatic rings. The first kappa shape index (κ1) is 13.1. The summed E-state index contributed by atoms with van der Waals surface area (Å²) in [5.74, 6) is 0.865. The van der Waals surface area contributed by atoms with Crippen molar-refractivity contribution in [2.45, 2.75) is 59.3 Å². The van der Waals surface area contributed by atoms with Crippen molar-refractivity contribution in [3.63, 3.8) is 0 Å². The van der Waals surface area contributed by atoms with Crippen LogP contribution in [0.2, 0.25) is 0 Å². The van der Waals surface area contributed by atoms with Crippen LogP contribution in [0.3, 0.4) is 0 Å². The molecule has 17 heavy (non-hydrogen) atoms. The van der Waals surface area contributed by atoms with E-state index in [9.17, 15) is 0 Å². The van der Waals surface area contributed by atoms with Gasteiger partial charge < -0.3 is 5.11 Å². The minimum absolute atomic E-state index is 0.323. The van der Waals surface area contributed by atoms with Crippen LogP contribution >= 0.6 is 0 Å². The van der Waals surface area contributed by atoms with E-state index in [1.54, 1.807) is 0 Å². The lowest BCUT2D eigenvalue weighted by Crippen LogP contribution is -2.32. The molecule has 0 aromatic carbocycles. The molecule has 0 heterocycles. The lowest BCUT2D eigenvalue weighted by molar-refractivity contribution is 0.194. The van der Waals surface area contributed by atoms with E-state index in [0.717, 1.165) is 31.7 Å². The van der Waals surface area contributed by atoms with Gasteiger partial charge in [-0.25, -0.2) is 0 Å². The van der Waals surface area contributed by atoms with E-state index in [1.165, 1.54) is 25.0 Å². The van der Waals surface area contributed by atoms with Gasteiger partial charge in [0.25, 0.3) is 0 Å². The summed E-state index contributed by atoms with van der Waals surface area (Å²) in [4.78, 5) is 4.88. The maximum absolute atomic E-state index is 8.74. The monoisotopic (exact) mass is 237 g/mol. The molecule has 2 aliphatic rings. The third-order valence-electron chi connectivity index (χ3n) is 5.63. The molecule has 0 spiro atoms. The SMILES string of the molecule is CC1(C)[C@@H]2CC[C@@]1(C)C(=NCCCCCO)C2. The molecule has 0 radical (unpaired) electrons. The summed E-state index contributed by atoms with van der Waals surface area (Å²) in [6.07, 6.45) is 7.13. The summed E-state index contributed by atoms with van der Waals surface area (Å²) in [5.41, 5.74) is 2.31. The highest BCUT2D eigenvalue weighted by Crippen LogP contribution is 2.63. The third-order valence-corrected chi connectivity index (χ3v) is 5.63. The van der Waals surface area contributed by atoms with E-state index in [1.807, 2.05) is 0 Å². The van der Waals surface area contributed by atoms with E-state index in [-0.39, 0.29) is 0 Å². The van der Waals surface area contributed by atoms with E-state index < -0.39 is 0 Å². The first-order valence-corrected chi connectivity index (χ1v) is 7.17. The fourth-order valence-electron chi connectivity index (χ4n) is 3.78. The predicted molar refractivity (Wildman–Crippen MR) is 72.5 cm³/mol. The summed E-state index contributed by atoms with van der Waals surface area (Å²) >= 11 is 0. The van der Waals surface area contributed by atoms with Crippen LogP contribution in [0, 0.1) is 16.7 Å². The molecule has 2 atom stereocenters. The molecule has 0 unspecified atom stereocenters. The van der Waals surface area contributed by atoms with Gasteiger partial charge in [0, 0.05) is 24.3 Å². The molecule has 2 aliphatic carbocycles. The maximum Gasteiger partial charge on any atom is 0.0431 e. The van der Waals surface area contributed by atoms with E-state index in [4.69, 9.17) is 10.1 Å². The van der Waals surface area contributed by atoms with Crippen molar-refractivity contribution < 1.29 is 5.11 Å². The minimum atomic E-state index is 0.323. The number of aliphatic imine (C=N–C) groups is 1. The smallest absolute Gasteiger partial charge is 0.0431 e. The Hall–Kier alpha value is -0.370. The van der Waals surface area contributed by atoms with Gasteiger partial charge in [-0.05, 0) is 49.9 Å². The molecule has 2 saturated carbocycles. The molecule has 2 rings (SSSR count). The normalized spacial score (nSPS) is 36.9. The van der Waals surface area contributed by atoms with Crippen molar-refractivity contribution in [1.29, 1.82) is 0 Å². The third kappa shape index (κ3) is 2.05. The quantitative estimate of drug-likeness (QED) is 0.730. The molecule has 1 N–H and O–H groups in total. The Morgan fingerprint density at radius 1 is 1.24 bits per heavy atom. The van der Waals surface area contributed by atoms with Crippen molar-refractivity contribution in [2.24, 2.45) is 21.7 Å². The van der Waals surface area contributed by atoms with Gasteiger partial charge in [-0.15, -0.1) is 0 Å². The molecule has 2 nitrogen and oxygen atoms in total. The number of hydrogen-bond acceptors (Lipinski definition) is 2. The van der Waals surface area contributed by atoms with Gasteiger partial charge in [0.1, 0.15) is 0 Å². The first-order chi connectivity index (χ1) is 8.02. The summed E-state index contributed by atoms with van der Waals surface area (Å²) in [6.45, 7) is 8.57. The number of rotatable bonds is 5.